The van der Waals surface area contributed by atoms with E-state index in [4.69, 9.17) is 10.5 Å². The molecule has 0 spiro atoms. The fourth-order valence-corrected chi connectivity index (χ4v) is 2.19. The van der Waals surface area contributed by atoms with Crippen molar-refractivity contribution in [1.29, 1.82) is 0 Å². The van der Waals surface area contributed by atoms with E-state index in [2.05, 4.69) is 44.2 Å². The highest BCUT2D eigenvalue weighted by molar-refractivity contribution is 5.36. The minimum absolute atomic E-state index is 0.0501. The van der Waals surface area contributed by atoms with E-state index >= 15 is 0 Å². The highest BCUT2D eigenvalue weighted by Crippen LogP contribution is 2.28. The third kappa shape index (κ3) is 4.47. The zero-order valence-corrected chi connectivity index (χ0v) is 12.8. The molecule has 0 amide bonds. The first-order valence-electron chi connectivity index (χ1n) is 7.27. The summed E-state index contributed by atoms with van der Waals surface area (Å²) in [5.74, 6) is 0.894. The van der Waals surface area contributed by atoms with Crippen LogP contribution in [0.1, 0.15) is 25.0 Å². The minimum Gasteiger partial charge on any atom is -0.489 e. The predicted octanol–water partition coefficient (Wildman–Crippen LogP) is 4.06. The van der Waals surface area contributed by atoms with Gasteiger partial charge in [0.25, 0.3) is 0 Å². The van der Waals surface area contributed by atoms with Gasteiger partial charge in [-0.05, 0) is 23.3 Å². The summed E-state index contributed by atoms with van der Waals surface area (Å²) >= 11 is 0. The second-order valence-electron chi connectivity index (χ2n) is 5.66. The average Bonchev–Trinajstić information content (AvgIpc) is 2.52. The van der Waals surface area contributed by atoms with Crippen molar-refractivity contribution in [3.63, 3.8) is 0 Å². The minimum atomic E-state index is -0.0501. The van der Waals surface area contributed by atoms with Crippen LogP contribution in [0.4, 0.5) is 0 Å². The van der Waals surface area contributed by atoms with Crippen molar-refractivity contribution in [2.45, 2.75) is 25.9 Å². The van der Waals surface area contributed by atoms with Gasteiger partial charge in [-0.2, -0.15) is 0 Å². The van der Waals surface area contributed by atoms with E-state index in [1.54, 1.807) is 0 Å². The number of hydrogen-bond acceptors (Lipinski definition) is 2. The van der Waals surface area contributed by atoms with Gasteiger partial charge in [0.1, 0.15) is 12.4 Å². The zero-order valence-electron chi connectivity index (χ0n) is 12.8. The first-order valence-corrected chi connectivity index (χ1v) is 7.27. The van der Waals surface area contributed by atoms with Crippen molar-refractivity contribution >= 4 is 0 Å². The molecule has 0 atom stereocenters. The SMILES string of the molecule is CC(C)(/C=C/CN)c1cccc(OCc2ccccc2)c1. The highest BCUT2D eigenvalue weighted by atomic mass is 16.5. The van der Waals surface area contributed by atoms with Crippen LogP contribution >= 0.6 is 0 Å². The van der Waals surface area contributed by atoms with E-state index in [1.807, 2.05) is 36.4 Å². The lowest BCUT2D eigenvalue weighted by Gasteiger charge is -2.21. The Morgan fingerprint density at radius 1 is 1.05 bits per heavy atom. The lowest BCUT2D eigenvalue weighted by molar-refractivity contribution is 0.305. The van der Waals surface area contributed by atoms with Gasteiger partial charge in [-0.15, -0.1) is 0 Å². The van der Waals surface area contributed by atoms with E-state index in [9.17, 15) is 0 Å². The van der Waals surface area contributed by atoms with Crippen LogP contribution in [-0.2, 0) is 12.0 Å². The number of hydrogen-bond donors (Lipinski definition) is 1. The summed E-state index contributed by atoms with van der Waals surface area (Å²) in [7, 11) is 0. The van der Waals surface area contributed by atoms with Gasteiger partial charge in [0.2, 0.25) is 0 Å². The van der Waals surface area contributed by atoms with Crippen LogP contribution in [0.5, 0.6) is 5.75 Å². The molecule has 0 aliphatic rings. The van der Waals surface area contributed by atoms with Crippen LogP contribution < -0.4 is 10.5 Å². The smallest absolute Gasteiger partial charge is 0.120 e. The Bertz CT molecular complexity index is 588. The summed E-state index contributed by atoms with van der Waals surface area (Å²) in [4.78, 5) is 0. The monoisotopic (exact) mass is 281 g/mol. The van der Waals surface area contributed by atoms with E-state index in [1.165, 1.54) is 11.1 Å². The molecule has 0 aromatic heterocycles. The lowest BCUT2D eigenvalue weighted by Crippen LogP contribution is -2.14. The topological polar surface area (TPSA) is 35.2 Å². The quantitative estimate of drug-likeness (QED) is 0.810. The number of benzene rings is 2. The van der Waals surface area contributed by atoms with Crippen molar-refractivity contribution in [3.8, 4) is 5.75 Å². The Kier molecular flexibility index (Phi) is 5.18. The Morgan fingerprint density at radius 2 is 1.81 bits per heavy atom. The summed E-state index contributed by atoms with van der Waals surface area (Å²) in [6.07, 6.45) is 4.14. The molecule has 0 aliphatic heterocycles. The molecule has 0 bridgehead atoms. The first-order chi connectivity index (χ1) is 10.1. The molecule has 110 valence electrons. The molecule has 2 nitrogen and oxygen atoms in total. The Morgan fingerprint density at radius 3 is 2.52 bits per heavy atom. The molecule has 0 radical (unpaired) electrons. The molecule has 2 aromatic carbocycles. The molecule has 0 aliphatic carbocycles. The van der Waals surface area contributed by atoms with Gasteiger partial charge in [0.15, 0.2) is 0 Å². The van der Waals surface area contributed by atoms with Gasteiger partial charge >= 0.3 is 0 Å². The average molecular weight is 281 g/mol. The summed E-state index contributed by atoms with van der Waals surface area (Å²) in [5, 5.41) is 0. The Balaban J connectivity index is 2.09. The van der Waals surface area contributed by atoms with E-state index in [0.717, 1.165) is 5.75 Å². The fourth-order valence-electron chi connectivity index (χ4n) is 2.19. The van der Waals surface area contributed by atoms with Crippen LogP contribution in [0.3, 0.4) is 0 Å². The number of nitrogens with two attached hydrogens (primary N) is 1. The molecule has 21 heavy (non-hydrogen) atoms. The first kappa shape index (κ1) is 15.3. The number of ether oxygens (including phenoxy) is 1. The number of rotatable bonds is 6. The maximum Gasteiger partial charge on any atom is 0.120 e. The number of allylic oxidation sites excluding steroid dienone is 1. The molecule has 0 heterocycles. The second kappa shape index (κ2) is 7.09. The van der Waals surface area contributed by atoms with E-state index in [0.29, 0.717) is 13.2 Å². The standard InChI is InChI=1S/C19H23NO/c1-19(2,12-7-13-20)17-10-6-11-18(14-17)21-15-16-8-4-3-5-9-16/h3-12,14H,13,15,20H2,1-2H3/b12-7+. The zero-order chi connectivity index (χ0) is 15.1. The molecule has 0 saturated heterocycles. The molecule has 2 heteroatoms. The molecule has 0 fully saturated rings. The van der Waals surface area contributed by atoms with Crippen molar-refractivity contribution in [2.24, 2.45) is 5.73 Å². The third-order valence-corrected chi connectivity index (χ3v) is 3.50. The van der Waals surface area contributed by atoms with Gasteiger partial charge in [-0.1, -0.05) is 68.5 Å². The lowest BCUT2D eigenvalue weighted by atomic mass is 9.84. The highest BCUT2D eigenvalue weighted by Gasteiger charge is 2.17. The molecular formula is C19H23NO. The van der Waals surface area contributed by atoms with Gasteiger partial charge in [-0.3, -0.25) is 0 Å². The second-order valence-corrected chi connectivity index (χ2v) is 5.66. The summed E-state index contributed by atoms with van der Waals surface area (Å²) in [6, 6.07) is 18.4. The molecule has 2 aromatic rings. The molecule has 2 N–H and O–H groups in total. The molecule has 2 rings (SSSR count). The van der Waals surface area contributed by atoms with Crippen molar-refractivity contribution in [3.05, 3.63) is 77.9 Å². The Hall–Kier alpha value is -2.06. The van der Waals surface area contributed by atoms with Gasteiger partial charge < -0.3 is 10.5 Å². The van der Waals surface area contributed by atoms with Crippen molar-refractivity contribution < 1.29 is 4.74 Å². The van der Waals surface area contributed by atoms with Gasteiger partial charge in [0, 0.05) is 12.0 Å². The third-order valence-electron chi connectivity index (χ3n) is 3.50. The van der Waals surface area contributed by atoms with Crippen LogP contribution in [0, 0.1) is 0 Å². The predicted molar refractivity (Wildman–Crippen MR) is 88.4 cm³/mol. The summed E-state index contributed by atoms with van der Waals surface area (Å²) < 4.78 is 5.88. The van der Waals surface area contributed by atoms with Crippen LogP contribution in [0.2, 0.25) is 0 Å². The van der Waals surface area contributed by atoms with Crippen molar-refractivity contribution in [1.82, 2.24) is 0 Å². The van der Waals surface area contributed by atoms with Crippen LogP contribution in [0.25, 0.3) is 0 Å². The fraction of sp³-hybridized carbons (Fsp3) is 0.263. The van der Waals surface area contributed by atoms with Gasteiger partial charge in [0.05, 0.1) is 0 Å². The largest absolute Gasteiger partial charge is 0.489 e. The maximum atomic E-state index is 5.88. The summed E-state index contributed by atoms with van der Waals surface area (Å²) in [5.41, 5.74) is 7.89. The van der Waals surface area contributed by atoms with Crippen LogP contribution in [0.15, 0.2) is 66.7 Å². The van der Waals surface area contributed by atoms with Crippen LogP contribution in [-0.4, -0.2) is 6.54 Å². The van der Waals surface area contributed by atoms with E-state index in [-0.39, 0.29) is 5.41 Å². The normalized spacial score (nSPS) is 11.8. The van der Waals surface area contributed by atoms with Gasteiger partial charge in [-0.25, -0.2) is 0 Å². The maximum absolute atomic E-state index is 5.88. The molecule has 0 saturated carbocycles. The summed E-state index contributed by atoms with van der Waals surface area (Å²) in [6.45, 7) is 5.50. The molecular weight excluding hydrogens is 258 g/mol. The van der Waals surface area contributed by atoms with E-state index < -0.39 is 0 Å². The molecule has 0 unspecified atom stereocenters. The van der Waals surface area contributed by atoms with Crippen molar-refractivity contribution in [2.75, 3.05) is 6.54 Å². The Labute approximate surface area is 127 Å².